The highest BCUT2D eigenvalue weighted by molar-refractivity contribution is 5.47. The zero-order valence-corrected chi connectivity index (χ0v) is 11.4. The predicted octanol–water partition coefficient (Wildman–Crippen LogP) is 2.69. The van der Waals surface area contributed by atoms with Gasteiger partial charge < -0.3 is 15.8 Å². The van der Waals surface area contributed by atoms with E-state index in [1.54, 1.807) is 7.11 Å². The van der Waals surface area contributed by atoms with E-state index in [0.29, 0.717) is 12.6 Å². The van der Waals surface area contributed by atoms with Gasteiger partial charge in [0.1, 0.15) is 0 Å². The molecule has 0 aromatic heterocycles. The number of rotatable bonds is 4. The molecule has 1 aromatic carbocycles. The first-order valence-corrected chi connectivity index (χ1v) is 6.75. The molecule has 1 aliphatic rings. The summed E-state index contributed by atoms with van der Waals surface area (Å²) in [5, 5.41) is 3.64. The molecule has 0 spiro atoms. The van der Waals surface area contributed by atoms with Gasteiger partial charge in [-0.15, -0.1) is 0 Å². The maximum absolute atomic E-state index is 6.00. The Labute approximate surface area is 110 Å². The molecule has 3 nitrogen and oxygen atoms in total. The van der Waals surface area contributed by atoms with Crippen molar-refractivity contribution < 1.29 is 4.74 Å². The Bertz CT molecular complexity index is 367. The van der Waals surface area contributed by atoms with E-state index in [-0.39, 0.29) is 5.54 Å². The van der Waals surface area contributed by atoms with Gasteiger partial charge in [-0.3, -0.25) is 0 Å². The lowest BCUT2D eigenvalue weighted by Gasteiger charge is -2.40. The number of anilines is 1. The zero-order valence-electron chi connectivity index (χ0n) is 11.4. The van der Waals surface area contributed by atoms with Crippen molar-refractivity contribution in [3.63, 3.8) is 0 Å². The van der Waals surface area contributed by atoms with Crippen molar-refractivity contribution >= 4 is 5.69 Å². The predicted molar refractivity (Wildman–Crippen MR) is 75.9 cm³/mol. The second-order valence-corrected chi connectivity index (χ2v) is 5.41. The fourth-order valence-electron chi connectivity index (χ4n) is 2.70. The zero-order chi connectivity index (χ0) is 13.0. The van der Waals surface area contributed by atoms with Gasteiger partial charge in [0.15, 0.2) is 0 Å². The topological polar surface area (TPSA) is 47.3 Å². The van der Waals surface area contributed by atoms with E-state index in [1.807, 2.05) is 0 Å². The van der Waals surface area contributed by atoms with Crippen molar-refractivity contribution in [1.29, 1.82) is 0 Å². The van der Waals surface area contributed by atoms with E-state index in [2.05, 4.69) is 36.5 Å². The molecule has 3 heteroatoms. The van der Waals surface area contributed by atoms with Gasteiger partial charge >= 0.3 is 0 Å². The summed E-state index contributed by atoms with van der Waals surface area (Å²) in [6, 6.07) is 8.53. The Kier molecular flexibility index (Phi) is 4.25. The molecule has 0 heterocycles. The number of methoxy groups -OCH3 is 1. The first kappa shape index (κ1) is 13.4. The fourth-order valence-corrected chi connectivity index (χ4v) is 2.70. The minimum Gasteiger partial charge on any atom is -0.381 e. The Morgan fingerprint density at radius 1 is 1.28 bits per heavy atom. The SMILES string of the molecule is COC1CCC(CN)(Nc2ccc(C)cc2)CC1. The molecule has 1 aromatic rings. The summed E-state index contributed by atoms with van der Waals surface area (Å²) in [7, 11) is 1.80. The molecular formula is C15H24N2O. The third-order valence-electron chi connectivity index (χ3n) is 4.07. The van der Waals surface area contributed by atoms with E-state index in [1.165, 1.54) is 11.3 Å². The van der Waals surface area contributed by atoms with Crippen LogP contribution in [0, 0.1) is 6.92 Å². The van der Waals surface area contributed by atoms with Crippen LogP contribution in [0.25, 0.3) is 0 Å². The standard InChI is InChI=1S/C15H24N2O/c1-12-3-5-13(6-4-12)17-15(11-16)9-7-14(18-2)8-10-15/h3-6,14,17H,7-11,16H2,1-2H3. The van der Waals surface area contributed by atoms with E-state index < -0.39 is 0 Å². The van der Waals surface area contributed by atoms with Crippen LogP contribution in [0.5, 0.6) is 0 Å². The second-order valence-electron chi connectivity index (χ2n) is 5.41. The number of nitrogens with two attached hydrogens (primary N) is 1. The van der Waals surface area contributed by atoms with Crippen LogP contribution in [0.3, 0.4) is 0 Å². The van der Waals surface area contributed by atoms with Crippen LogP contribution in [0.2, 0.25) is 0 Å². The molecular weight excluding hydrogens is 224 g/mol. The average Bonchev–Trinajstić information content (AvgIpc) is 2.42. The van der Waals surface area contributed by atoms with Gasteiger partial charge in [0.2, 0.25) is 0 Å². The Balaban J connectivity index is 2.03. The van der Waals surface area contributed by atoms with Crippen LogP contribution in [0.1, 0.15) is 31.2 Å². The highest BCUT2D eigenvalue weighted by Gasteiger charge is 2.34. The summed E-state index contributed by atoms with van der Waals surface area (Å²) in [6.07, 6.45) is 4.75. The largest absolute Gasteiger partial charge is 0.381 e. The van der Waals surface area contributed by atoms with Gasteiger partial charge in [0.25, 0.3) is 0 Å². The first-order chi connectivity index (χ1) is 8.67. The second kappa shape index (κ2) is 5.72. The third-order valence-corrected chi connectivity index (χ3v) is 4.07. The van der Waals surface area contributed by atoms with E-state index in [0.717, 1.165) is 25.7 Å². The van der Waals surface area contributed by atoms with Crippen LogP contribution in [0.15, 0.2) is 24.3 Å². The number of benzene rings is 1. The Morgan fingerprint density at radius 3 is 2.39 bits per heavy atom. The summed E-state index contributed by atoms with van der Waals surface area (Å²) in [5.41, 5.74) is 8.50. The Morgan fingerprint density at radius 2 is 1.89 bits per heavy atom. The van der Waals surface area contributed by atoms with Crippen molar-refractivity contribution in [3.05, 3.63) is 29.8 Å². The van der Waals surface area contributed by atoms with Crippen molar-refractivity contribution in [3.8, 4) is 0 Å². The third kappa shape index (κ3) is 3.03. The van der Waals surface area contributed by atoms with Crippen molar-refractivity contribution in [2.45, 2.75) is 44.2 Å². The fraction of sp³-hybridized carbons (Fsp3) is 0.600. The van der Waals surface area contributed by atoms with Crippen LogP contribution >= 0.6 is 0 Å². The molecule has 1 fully saturated rings. The monoisotopic (exact) mass is 248 g/mol. The van der Waals surface area contributed by atoms with Gasteiger partial charge in [-0.05, 0) is 44.7 Å². The van der Waals surface area contributed by atoms with Crippen molar-refractivity contribution in [2.24, 2.45) is 5.73 Å². The minimum absolute atomic E-state index is 0.0459. The molecule has 2 rings (SSSR count). The number of hydrogen-bond donors (Lipinski definition) is 2. The summed E-state index contributed by atoms with van der Waals surface area (Å²) >= 11 is 0. The molecule has 0 bridgehead atoms. The summed E-state index contributed by atoms with van der Waals surface area (Å²) < 4.78 is 5.43. The number of hydrogen-bond acceptors (Lipinski definition) is 3. The van der Waals surface area contributed by atoms with Gasteiger partial charge in [-0.2, -0.15) is 0 Å². The molecule has 0 atom stereocenters. The van der Waals surface area contributed by atoms with Crippen LogP contribution < -0.4 is 11.1 Å². The van der Waals surface area contributed by atoms with Gasteiger partial charge in [0, 0.05) is 24.9 Å². The average molecular weight is 248 g/mol. The normalized spacial score (nSPS) is 28.1. The molecule has 0 aliphatic heterocycles. The number of aryl methyl sites for hydroxylation is 1. The quantitative estimate of drug-likeness (QED) is 0.861. The highest BCUT2D eigenvalue weighted by atomic mass is 16.5. The van der Waals surface area contributed by atoms with Crippen LogP contribution in [-0.4, -0.2) is 25.3 Å². The molecule has 100 valence electrons. The van der Waals surface area contributed by atoms with Crippen molar-refractivity contribution in [2.75, 3.05) is 19.0 Å². The van der Waals surface area contributed by atoms with Crippen LogP contribution in [-0.2, 0) is 4.74 Å². The first-order valence-electron chi connectivity index (χ1n) is 6.75. The minimum atomic E-state index is 0.0459. The van der Waals surface area contributed by atoms with E-state index >= 15 is 0 Å². The lowest BCUT2D eigenvalue weighted by Crippen LogP contribution is -2.49. The van der Waals surface area contributed by atoms with Crippen molar-refractivity contribution in [1.82, 2.24) is 0 Å². The smallest absolute Gasteiger partial charge is 0.0573 e. The maximum atomic E-state index is 6.00. The van der Waals surface area contributed by atoms with E-state index in [4.69, 9.17) is 10.5 Å². The lowest BCUT2D eigenvalue weighted by molar-refractivity contribution is 0.0550. The maximum Gasteiger partial charge on any atom is 0.0573 e. The number of ether oxygens (including phenoxy) is 1. The molecule has 3 N–H and O–H groups in total. The Hall–Kier alpha value is -1.06. The summed E-state index contributed by atoms with van der Waals surface area (Å²) in [6.45, 7) is 2.78. The molecule has 0 radical (unpaired) electrons. The molecule has 0 amide bonds. The number of nitrogens with one attached hydrogen (secondary N) is 1. The molecule has 0 unspecified atom stereocenters. The lowest BCUT2D eigenvalue weighted by atomic mass is 9.80. The molecule has 0 saturated heterocycles. The van der Waals surface area contributed by atoms with Gasteiger partial charge in [-0.1, -0.05) is 17.7 Å². The van der Waals surface area contributed by atoms with Gasteiger partial charge in [-0.25, -0.2) is 0 Å². The summed E-state index contributed by atoms with van der Waals surface area (Å²) in [4.78, 5) is 0. The molecule has 18 heavy (non-hydrogen) atoms. The van der Waals surface area contributed by atoms with E-state index in [9.17, 15) is 0 Å². The van der Waals surface area contributed by atoms with Crippen LogP contribution in [0.4, 0.5) is 5.69 Å². The highest BCUT2D eigenvalue weighted by Crippen LogP contribution is 2.32. The molecule has 1 aliphatic carbocycles. The summed E-state index contributed by atoms with van der Waals surface area (Å²) in [5.74, 6) is 0. The molecule has 1 saturated carbocycles. The van der Waals surface area contributed by atoms with Gasteiger partial charge in [0.05, 0.1) is 6.10 Å².